The number of H-pyrrole nitrogens is 1. The Kier molecular flexibility index (Phi) is 3.25. The summed E-state index contributed by atoms with van der Waals surface area (Å²) in [6.07, 6.45) is 0.604. The number of carbonyl (C=O) groups excluding carboxylic acids is 1. The van der Waals surface area contributed by atoms with Crippen LogP contribution in [0.4, 0.5) is 8.78 Å². The zero-order chi connectivity index (χ0) is 14.1. The lowest BCUT2D eigenvalue weighted by molar-refractivity contribution is 0.0276. The van der Waals surface area contributed by atoms with Crippen molar-refractivity contribution in [2.24, 2.45) is 5.92 Å². The molecule has 5 nitrogen and oxygen atoms in total. The smallest absolute Gasteiger partial charge is 0.271 e. The first-order valence-corrected chi connectivity index (χ1v) is 6.29. The SMILES string of the molecule is O=C(c1cc(-c2ccoc2)n[nH]1)N1CC(CC(F)F)C1. The summed E-state index contributed by atoms with van der Waals surface area (Å²) in [5.74, 6) is -0.312. The average molecular weight is 281 g/mol. The molecule has 7 heteroatoms. The van der Waals surface area contributed by atoms with E-state index >= 15 is 0 Å². The van der Waals surface area contributed by atoms with Gasteiger partial charge in [-0.1, -0.05) is 0 Å². The number of rotatable bonds is 4. The van der Waals surface area contributed by atoms with Crippen molar-refractivity contribution in [3.63, 3.8) is 0 Å². The molecule has 0 saturated carbocycles. The van der Waals surface area contributed by atoms with Gasteiger partial charge in [0.15, 0.2) is 0 Å². The Labute approximate surface area is 113 Å². The lowest BCUT2D eigenvalue weighted by atomic mass is 9.96. The summed E-state index contributed by atoms with van der Waals surface area (Å²) in [4.78, 5) is 13.6. The number of amides is 1. The van der Waals surface area contributed by atoms with Gasteiger partial charge in [0.1, 0.15) is 5.69 Å². The molecule has 1 saturated heterocycles. The van der Waals surface area contributed by atoms with Crippen LogP contribution in [0.5, 0.6) is 0 Å². The molecule has 0 bridgehead atoms. The number of nitrogens with one attached hydrogen (secondary N) is 1. The number of hydrogen-bond donors (Lipinski definition) is 1. The van der Waals surface area contributed by atoms with Gasteiger partial charge in [0.2, 0.25) is 6.43 Å². The number of halogens is 2. The number of aromatic nitrogens is 2. The molecule has 0 unspecified atom stereocenters. The molecule has 3 heterocycles. The van der Waals surface area contributed by atoms with Crippen LogP contribution in [-0.4, -0.2) is 40.5 Å². The van der Waals surface area contributed by atoms with E-state index in [-0.39, 0.29) is 18.2 Å². The summed E-state index contributed by atoms with van der Waals surface area (Å²) in [7, 11) is 0. The van der Waals surface area contributed by atoms with Crippen LogP contribution >= 0.6 is 0 Å². The number of furan rings is 1. The monoisotopic (exact) mass is 281 g/mol. The molecule has 1 aliphatic rings. The standard InChI is InChI=1S/C13H13F2N3O2/c14-12(15)3-8-5-18(6-8)13(19)11-4-10(16-17-11)9-1-2-20-7-9/h1-2,4,7-8,12H,3,5-6H2,(H,16,17). The van der Waals surface area contributed by atoms with Gasteiger partial charge in [-0.25, -0.2) is 8.78 Å². The summed E-state index contributed by atoms with van der Waals surface area (Å²) in [6.45, 7) is 0.756. The Hall–Kier alpha value is -2.18. The molecule has 1 amide bonds. The fraction of sp³-hybridized carbons (Fsp3) is 0.385. The third-order valence-corrected chi connectivity index (χ3v) is 3.38. The van der Waals surface area contributed by atoms with Gasteiger partial charge in [0, 0.05) is 25.1 Å². The summed E-state index contributed by atoms with van der Waals surface area (Å²) in [5, 5.41) is 6.70. The molecule has 2 aromatic heterocycles. The Morgan fingerprint density at radius 3 is 3.00 bits per heavy atom. The van der Waals surface area contributed by atoms with Crippen molar-refractivity contribution in [2.75, 3.05) is 13.1 Å². The molecular formula is C13H13F2N3O2. The molecule has 0 atom stereocenters. The third-order valence-electron chi connectivity index (χ3n) is 3.38. The molecule has 0 radical (unpaired) electrons. The van der Waals surface area contributed by atoms with Crippen LogP contribution in [-0.2, 0) is 0 Å². The van der Waals surface area contributed by atoms with Crippen LogP contribution in [0, 0.1) is 5.92 Å². The summed E-state index contributed by atoms with van der Waals surface area (Å²) in [6, 6.07) is 3.38. The molecule has 20 heavy (non-hydrogen) atoms. The molecule has 2 aromatic rings. The van der Waals surface area contributed by atoms with Gasteiger partial charge in [-0.15, -0.1) is 0 Å². The fourth-order valence-electron chi connectivity index (χ4n) is 2.30. The van der Waals surface area contributed by atoms with E-state index in [0.29, 0.717) is 24.5 Å². The predicted molar refractivity (Wildman–Crippen MR) is 66.3 cm³/mol. The Bertz CT molecular complexity index is 589. The van der Waals surface area contributed by atoms with Gasteiger partial charge in [0.05, 0.1) is 18.2 Å². The maximum Gasteiger partial charge on any atom is 0.271 e. The third kappa shape index (κ3) is 2.43. The van der Waals surface area contributed by atoms with Gasteiger partial charge in [-0.3, -0.25) is 9.89 Å². The van der Waals surface area contributed by atoms with E-state index in [4.69, 9.17) is 4.42 Å². The van der Waals surface area contributed by atoms with Crippen LogP contribution in [0.3, 0.4) is 0 Å². The highest BCUT2D eigenvalue weighted by Gasteiger charge is 2.33. The normalized spacial score (nSPS) is 15.7. The highest BCUT2D eigenvalue weighted by atomic mass is 19.3. The van der Waals surface area contributed by atoms with Gasteiger partial charge in [-0.05, 0) is 18.1 Å². The Morgan fingerprint density at radius 2 is 2.35 bits per heavy atom. The van der Waals surface area contributed by atoms with Crippen molar-refractivity contribution >= 4 is 5.91 Å². The second-order valence-electron chi connectivity index (χ2n) is 4.88. The Morgan fingerprint density at radius 1 is 1.55 bits per heavy atom. The first kappa shape index (κ1) is 12.8. The van der Waals surface area contributed by atoms with Gasteiger partial charge in [0.25, 0.3) is 5.91 Å². The number of likely N-dealkylation sites (tertiary alicyclic amines) is 1. The molecule has 3 rings (SSSR count). The number of carbonyl (C=O) groups is 1. The first-order chi connectivity index (χ1) is 9.63. The minimum absolute atomic E-state index is 0.102. The van der Waals surface area contributed by atoms with Crippen LogP contribution in [0.25, 0.3) is 11.3 Å². The first-order valence-electron chi connectivity index (χ1n) is 6.29. The lowest BCUT2D eigenvalue weighted by Crippen LogP contribution is -2.50. The molecule has 0 spiro atoms. The molecule has 1 N–H and O–H groups in total. The van der Waals surface area contributed by atoms with Crippen molar-refractivity contribution < 1.29 is 18.0 Å². The molecule has 0 aliphatic carbocycles. The van der Waals surface area contributed by atoms with Crippen molar-refractivity contribution in [2.45, 2.75) is 12.8 Å². The summed E-state index contributed by atoms with van der Waals surface area (Å²) >= 11 is 0. The molecule has 1 aliphatic heterocycles. The molecule has 106 valence electrons. The van der Waals surface area contributed by atoms with Crippen LogP contribution in [0.1, 0.15) is 16.9 Å². The van der Waals surface area contributed by atoms with E-state index in [9.17, 15) is 13.6 Å². The zero-order valence-electron chi connectivity index (χ0n) is 10.6. The highest BCUT2D eigenvalue weighted by Crippen LogP contribution is 2.25. The van der Waals surface area contributed by atoms with Crippen LogP contribution in [0.2, 0.25) is 0 Å². The lowest BCUT2D eigenvalue weighted by Gasteiger charge is -2.38. The van der Waals surface area contributed by atoms with E-state index in [1.165, 1.54) is 12.5 Å². The second-order valence-corrected chi connectivity index (χ2v) is 4.88. The molecule has 1 fully saturated rings. The van der Waals surface area contributed by atoms with E-state index < -0.39 is 6.43 Å². The average Bonchev–Trinajstić information content (AvgIpc) is 3.01. The maximum absolute atomic E-state index is 12.2. The quantitative estimate of drug-likeness (QED) is 0.936. The predicted octanol–water partition coefficient (Wildman–Crippen LogP) is 2.40. The van der Waals surface area contributed by atoms with Crippen molar-refractivity contribution in [1.29, 1.82) is 0 Å². The summed E-state index contributed by atoms with van der Waals surface area (Å²) in [5.41, 5.74) is 1.75. The number of aromatic amines is 1. The number of nitrogens with zero attached hydrogens (tertiary/aromatic N) is 2. The van der Waals surface area contributed by atoms with Crippen LogP contribution < -0.4 is 0 Å². The van der Waals surface area contributed by atoms with Crippen molar-refractivity contribution in [1.82, 2.24) is 15.1 Å². The van der Waals surface area contributed by atoms with Gasteiger partial charge in [-0.2, -0.15) is 5.10 Å². The van der Waals surface area contributed by atoms with Gasteiger partial charge >= 0.3 is 0 Å². The van der Waals surface area contributed by atoms with Crippen molar-refractivity contribution in [3.8, 4) is 11.3 Å². The topological polar surface area (TPSA) is 62.1 Å². The minimum atomic E-state index is -2.31. The Balaban J connectivity index is 1.62. The largest absolute Gasteiger partial charge is 0.472 e. The zero-order valence-corrected chi connectivity index (χ0v) is 10.6. The number of alkyl halides is 2. The van der Waals surface area contributed by atoms with E-state index in [1.54, 1.807) is 17.0 Å². The van der Waals surface area contributed by atoms with E-state index in [0.717, 1.165) is 5.56 Å². The van der Waals surface area contributed by atoms with E-state index in [2.05, 4.69) is 10.2 Å². The maximum atomic E-state index is 12.2. The second kappa shape index (κ2) is 5.07. The summed E-state index contributed by atoms with van der Waals surface area (Å²) < 4.78 is 29.3. The van der Waals surface area contributed by atoms with Crippen molar-refractivity contribution in [3.05, 3.63) is 30.4 Å². The fourth-order valence-corrected chi connectivity index (χ4v) is 2.30. The minimum Gasteiger partial charge on any atom is -0.472 e. The molecule has 0 aromatic carbocycles. The van der Waals surface area contributed by atoms with E-state index in [1.807, 2.05) is 0 Å². The van der Waals surface area contributed by atoms with Crippen LogP contribution in [0.15, 0.2) is 29.1 Å². The molecular weight excluding hydrogens is 268 g/mol. The number of hydrogen-bond acceptors (Lipinski definition) is 3. The van der Waals surface area contributed by atoms with Gasteiger partial charge < -0.3 is 9.32 Å². The highest BCUT2D eigenvalue weighted by molar-refractivity contribution is 5.93.